The molecule has 0 aromatic heterocycles. The summed E-state index contributed by atoms with van der Waals surface area (Å²) in [6.07, 6.45) is 0. The molecule has 19 heavy (non-hydrogen) atoms. The van der Waals surface area contributed by atoms with Crippen LogP contribution in [0.25, 0.3) is 0 Å². The maximum atomic E-state index is 13.4. The third kappa shape index (κ3) is 6.73. The molecule has 0 fully saturated rings. The number of benzene rings is 1. The molecule has 0 bridgehead atoms. The normalized spacial score (nSPS) is 11.2. The van der Waals surface area contributed by atoms with Gasteiger partial charge in [-0.2, -0.15) is 11.8 Å². The lowest BCUT2D eigenvalue weighted by atomic mass is 10.3. The van der Waals surface area contributed by atoms with Gasteiger partial charge in [-0.1, -0.05) is 20.8 Å². The largest absolute Gasteiger partial charge is 0.362 e. The van der Waals surface area contributed by atoms with Crippen molar-refractivity contribution in [3.05, 3.63) is 29.8 Å². The fourth-order valence-corrected chi connectivity index (χ4v) is 2.31. The van der Waals surface area contributed by atoms with Crippen molar-refractivity contribution in [1.82, 2.24) is 5.32 Å². The standard InChI is InChI=1S/C13H18F2N2S2/c1-13(2,3)19-7-6-16-12(18)17-11-5-4-9(14)8-10(11)15/h4-5,8H,6-7H2,1-3H3,(H2,16,17,18). The van der Waals surface area contributed by atoms with Crippen molar-refractivity contribution in [3.63, 3.8) is 0 Å². The SMILES string of the molecule is CC(C)(C)SCCNC(=S)Nc1ccc(F)cc1F. The smallest absolute Gasteiger partial charge is 0.170 e. The average molecular weight is 304 g/mol. The zero-order valence-electron chi connectivity index (χ0n) is 11.2. The first-order valence-electron chi connectivity index (χ1n) is 5.92. The highest BCUT2D eigenvalue weighted by Crippen LogP contribution is 2.22. The predicted molar refractivity (Wildman–Crippen MR) is 82.8 cm³/mol. The molecule has 0 aliphatic heterocycles. The van der Waals surface area contributed by atoms with E-state index in [1.54, 1.807) is 0 Å². The van der Waals surface area contributed by atoms with Crippen molar-refractivity contribution in [3.8, 4) is 0 Å². The van der Waals surface area contributed by atoms with Crippen molar-refractivity contribution in [2.45, 2.75) is 25.5 Å². The molecule has 6 heteroatoms. The first-order valence-corrected chi connectivity index (χ1v) is 7.31. The molecule has 0 saturated carbocycles. The summed E-state index contributed by atoms with van der Waals surface area (Å²) in [4.78, 5) is 0. The Bertz CT molecular complexity index is 445. The molecule has 0 saturated heterocycles. The molecular formula is C13H18F2N2S2. The lowest BCUT2D eigenvalue weighted by Crippen LogP contribution is -2.31. The van der Waals surface area contributed by atoms with Gasteiger partial charge in [-0.3, -0.25) is 0 Å². The number of rotatable bonds is 4. The van der Waals surface area contributed by atoms with Crippen LogP contribution < -0.4 is 10.6 Å². The van der Waals surface area contributed by atoms with Crippen LogP contribution in [0.15, 0.2) is 18.2 Å². The molecule has 0 heterocycles. The van der Waals surface area contributed by atoms with Crippen molar-refractivity contribution in [1.29, 1.82) is 0 Å². The Morgan fingerprint density at radius 3 is 2.58 bits per heavy atom. The van der Waals surface area contributed by atoms with E-state index in [1.165, 1.54) is 12.1 Å². The number of hydrogen-bond donors (Lipinski definition) is 2. The molecule has 1 aromatic rings. The average Bonchev–Trinajstić information content (AvgIpc) is 2.27. The number of thiocarbonyl (C=S) groups is 1. The van der Waals surface area contributed by atoms with Crippen LogP contribution in [0, 0.1) is 11.6 Å². The van der Waals surface area contributed by atoms with Gasteiger partial charge in [0.05, 0.1) is 5.69 Å². The van der Waals surface area contributed by atoms with Crippen molar-refractivity contribution in [2.24, 2.45) is 0 Å². The molecule has 0 amide bonds. The second-order valence-electron chi connectivity index (χ2n) is 4.97. The number of anilines is 1. The molecule has 2 nitrogen and oxygen atoms in total. The van der Waals surface area contributed by atoms with Crippen LogP contribution in [0.4, 0.5) is 14.5 Å². The number of thioether (sulfide) groups is 1. The van der Waals surface area contributed by atoms with Crippen LogP contribution in [0.1, 0.15) is 20.8 Å². The van der Waals surface area contributed by atoms with E-state index >= 15 is 0 Å². The van der Waals surface area contributed by atoms with E-state index in [2.05, 4.69) is 31.4 Å². The van der Waals surface area contributed by atoms with Crippen LogP contribution in [0.2, 0.25) is 0 Å². The van der Waals surface area contributed by atoms with Gasteiger partial charge < -0.3 is 10.6 Å². The lowest BCUT2D eigenvalue weighted by molar-refractivity contribution is 0.586. The Morgan fingerprint density at radius 2 is 2.00 bits per heavy atom. The summed E-state index contributed by atoms with van der Waals surface area (Å²) >= 11 is 6.86. The highest BCUT2D eigenvalue weighted by molar-refractivity contribution is 8.00. The molecule has 1 aromatic carbocycles. The van der Waals surface area contributed by atoms with Crippen LogP contribution in [0.5, 0.6) is 0 Å². The minimum Gasteiger partial charge on any atom is -0.362 e. The summed E-state index contributed by atoms with van der Waals surface area (Å²) in [6, 6.07) is 3.33. The van der Waals surface area contributed by atoms with E-state index in [4.69, 9.17) is 12.2 Å². The summed E-state index contributed by atoms with van der Waals surface area (Å²) in [5, 5.41) is 6.02. The number of halogens is 2. The van der Waals surface area contributed by atoms with Crippen LogP contribution in [0.3, 0.4) is 0 Å². The monoisotopic (exact) mass is 304 g/mol. The molecule has 0 unspecified atom stereocenters. The first kappa shape index (κ1) is 16.2. The molecule has 0 aliphatic rings. The van der Waals surface area contributed by atoms with Gasteiger partial charge in [-0.25, -0.2) is 8.78 Å². The second kappa shape index (κ2) is 7.05. The number of hydrogen-bond acceptors (Lipinski definition) is 2. The quantitative estimate of drug-likeness (QED) is 0.653. The van der Waals surface area contributed by atoms with Gasteiger partial charge in [-0.05, 0) is 24.4 Å². The Morgan fingerprint density at radius 1 is 1.32 bits per heavy atom. The van der Waals surface area contributed by atoms with Crippen LogP contribution >= 0.6 is 24.0 Å². The molecule has 106 valence electrons. The Labute approximate surface area is 122 Å². The zero-order valence-corrected chi connectivity index (χ0v) is 12.9. The minimum atomic E-state index is -0.659. The predicted octanol–water partition coefficient (Wildman–Crippen LogP) is 3.78. The lowest BCUT2D eigenvalue weighted by Gasteiger charge is -2.18. The molecule has 2 N–H and O–H groups in total. The third-order valence-corrected chi connectivity index (χ3v) is 3.62. The first-order chi connectivity index (χ1) is 8.78. The van der Waals surface area contributed by atoms with Crippen molar-refractivity contribution >= 4 is 34.8 Å². The molecule has 0 atom stereocenters. The Hall–Kier alpha value is -0.880. The Balaban J connectivity index is 2.35. The van der Waals surface area contributed by atoms with E-state index in [0.29, 0.717) is 11.7 Å². The van der Waals surface area contributed by atoms with E-state index in [0.717, 1.165) is 11.8 Å². The molecule has 0 radical (unpaired) electrons. The van der Waals surface area contributed by atoms with Gasteiger partial charge in [0.2, 0.25) is 0 Å². The van der Waals surface area contributed by atoms with Crippen molar-refractivity contribution in [2.75, 3.05) is 17.6 Å². The maximum Gasteiger partial charge on any atom is 0.170 e. The van der Waals surface area contributed by atoms with Crippen LogP contribution in [-0.4, -0.2) is 22.2 Å². The van der Waals surface area contributed by atoms with E-state index in [-0.39, 0.29) is 10.4 Å². The Kier molecular flexibility index (Phi) is 6.00. The fourth-order valence-electron chi connectivity index (χ4n) is 1.28. The maximum absolute atomic E-state index is 13.4. The third-order valence-electron chi connectivity index (χ3n) is 2.10. The topological polar surface area (TPSA) is 24.1 Å². The van der Waals surface area contributed by atoms with Gasteiger partial charge >= 0.3 is 0 Å². The summed E-state index contributed by atoms with van der Waals surface area (Å²) in [7, 11) is 0. The van der Waals surface area contributed by atoms with E-state index < -0.39 is 11.6 Å². The highest BCUT2D eigenvalue weighted by Gasteiger charge is 2.10. The highest BCUT2D eigenvalue weighted by atomic mass is 32.2. The number of nitrogens with one attached hydrogen (secondary N) is 2. The minimum absolute atomic E-state index is 0.169. The molecule has 0 aliphatic carbocycles. The van der Waals surface area contributed by atoms with Crippen LogP contribution in [-0.2, 0) is 0 Å². The molecule has 1 rings (SSSR count). The van der Waals surface area contributed by atoms with E-state index in [9.17, 15) is 8.78 Å². The second-order valence-corrected chi connectivity index (χ2v) is 7.30. The van der Waals surface area contributed by atoms with Gasteiger partial charge in [0.25, 0.3) is 0 Å². The molecular weight excluding hydrogens is 286 g/mol. The van der Waals surface area contributed by atoms with Gasteiger partial charge in [0.15, 0.2) is 5.11 Å². The summed E-state index contributed by atoms with van der Waals surface area (Å²) in [5.41, 5.74) is 0.169. The van der Waals surface area contributed by atoms with Gasteiger partial charge in [-0.15, -0.1) is 0 Å². The fraction of sp³-hybridized carbons (Fsp3) is 0.462. The van der Waals surface area contributed by atoms with E-state index in [1.807, 2.05) is 11.8 Å². The van der Waals surface area contributed by atoms with Gasteiger partial charge in [0.1, 0.15) is 11.6 Å². The zero-order chi connectivity index (χ0) is 14.5. The van der Waals surface area contributed by atoms with Crippen molar-refractivity contribution < 1.29 is 8.78 Å². The molecule has 0 spiro atoms. The summed E-state index contributed by atoms with van der Waals surface area (Å²) in [5.74, 6) is -0.367. The summed E-state index contributed by atoms with van der Waals surface area (Å²) < 4.78 is 26.3. The van der Waals surface area contributed by atoms with Gasteiger partial charge in [0, 0.05) is 23.1 Å². The summed E-state index contributed by atoms with van der Waals surface area (Å²) in [6.45, 7) is 7.11.